The zero-order valence-electron chi connectivity index (χ0n) is 14.3. The molecule has 1 aliphatic carbocycles. The number of ketones is 2. The number of hydrogen-bond donors (Lipinski definition) is 1. The van der Waals surface area contributed by atoms with E-state index in [4.69, 9.17) is 0 Å². The third-order valence-corrected chi connectivity index (χ3v) is 4.37. The Labute approximate surface area is 138 Å². The predicted molar refractivity (Wildman–Crippen MR) is 93.4 cm³/mol. The van der Waals surface area contributed by atoms with E-state index in [0.29, 0.717) is 5.56 Å². The Hall–Kier alpha value is -1.94. The third-order valence-electron chi connectivity index (χ3n) is 4.37. The van der Waals surface area contributed by atoms with Crippen LogP contribution in [0.15, 0.2) is 30.3 Å². The lowest BCUT2D eigenvalue weighted by Crippen LogP contribution is -2.31. The van der Waals surface area contributed by atoms with Gasteiger partial charge in [0.15, 0.2) is 0 Å². The van der Waals surface area contributed by atoms with Gasteiger partial charge in [0.2, 0.25) is 11.6 Å². The highest BCUT2D eigenvalue weighted by Gasteiger charge is 2.25. The molecule has 1 aromatic carbocycles. The molecular formula is C19H26N2O2. The van der Waals surface area contributed by atoms with E-state index in [0.717, 1.165) is 43.7 Å². The van der Waals surface area contributed by atoms with Crippen LogP contribution in [-0.4, -0.2) is 42.1 Å². The zero-order chi connectivity index (χ0) is 16.8. The number of fused-ring (bicyclic) bond motifs is 1. The number of allylic oxidation sites excluding steroid dienone is 1. The van der Waals surface area contributed by atoms with Crippen molar-refractivity contribution in [3.05, 3.63) is 41.5 Å². The summed E-state index contributed by atoms with van der Waals surface area (Å²) in [4.78, 5) is 26.2. The van der Waals surface area contributed by atoms with Crippen molar-refractivity contribution in [3.8, 4) is 0 Å². The lowest BCUT2D eigenvalue weighted by atomic mass is 9.92. The van der Waals surface area contributed by atoms with Crippen molar-refractivity contribution in [2.75, 3.05) is 19.6 Å². The lowest BCUT2D eigenvalue weighted by molar-refractivity contribution is -0.111. The summed E-state index contributed by atoms with van der Waals surface area (Å²) in [5, 5.41) is 3.41. The van der Waals surface area contributed by atoms with Crippen molar-refractivity contribution in [3.63, 3.8) is 0 Å². The first-order valence-electron chi connectivity index (χ1n) is 8.45. The molecule has 0 spiro atoms. The maximum Gasteiger partial charge on any atom is 0.233 e. The minimum absolute atomic E-state index is 0.255. The standard InChI is InChI=1S/C19H26N2O2/c1-4-21(5-2)12-8-9-14(3)20-17-13-18(22)19(23)16-11-7-6-10-15(16)17/h6-7,10-11,13-14,20H,4-5,8-9,12H2,1-3H3/t14-/m1/s1. The van der Waals surface area contributed by atoms with Gasteiger partial charge in [-0.2, -0.15) is 0 Å². The molecule has 0 unspecified atom stereocenters. The van der Waals surface area contributed by atoms with Gasteiger partial charge < -0.3 is 10.2 Å². The third kappa shape index (κ3) is 4.29. The molecule has 2 rings (SSSR count). The Morgan fingerprint density at radius 2 is 1.74 bits per heavy atom. The maximum absolute atomic E-state index is 11.9. The second-order valence-corrected chi connectivity index (χ2v) is 6.01. The second kappa shape index (κ2) is 8.06. The molecule has 1 aliphatic rings. The number of rotatable bonds is 8. The summed E-state index contributed by atoms with van der Waals surface area (Å²) in [6.07, 6.45) is 3.57. The van der Waals surface area contributed by atoms with Crippen LogP contribution in [0.2, 0.25) is 0 Å². The first-order chi connectivity index (χ1) is 11.1. The Bertz CT molecular complexity index is 603. The molecular weight excluding hydrogens is 288 g/mol. The van der Waals surface area contributed by atoms with Gasteiger partial charge in [-0.1, -0.05) is 38.1 Å². The van der Waals surface area contributed by atoms with Crippen LogP contribution in [0.5, 0.6) is 0 Å². The fraction of sp³-hybridized carbons (Fsp3) is 0.474. The van der Waals surface area contributed by atoms with Gasteiger partial charge in [0.05, 0.1) is 0 Å². The van der Waals surface area contributed by atoms with E-state index < -0.39 is 11.6 Å². The van der Waals surface area contributed by atoms with Gasteiger partial charge in [-0.15, -0.1) is 0 Å². The van der Waals surface area contributed by atoms with Crippen LogP contribution in [0, 0.1) is 0 Å². The monoisotopic (exact) mass is 314 g/mol. The predicted octanol–water partition coefficient (Wildman–Crippen LogP) is 2.89. The molecule has 1 atom stereocenters. The average Bonchev–Trinajstić information content (AvgIpc) is 2.56. The highest BCUT2D eigenvalue weighted by molar-refractivity contribution is 6.50. The maximum atomic E-state index is 11.9. The molecule has 4 heteroatoms. The minimum atomic E-state index is -0.443. The van der Waals surface area contributed by atoms with Crippen LogP contribution in [0.4, 0.5) is 0 Å². The average molecular weight is 314 g/mol. The van der Waals surface area contributed by atoms with Crippen molar-refractivity contribution in [2.45, 2.75) is 39.7 Å². The molecule has 0 bridgehead atoms. The topological polar surface area (TPSA) is 49.4 Å². The summed E-state index contributed by atoms with van der Waals surface area (Å²) in [5.41, 5.74) is 2.09. The first-order valence-corrected chi connectivity index (χ1v) is 8.45. The summed E-state index contributed by atoms with van der Waals surface area (Å²) in [5.74, 6) is -0.859. The number of carbonyl (C=O) groups excluding carboxylic acids is 2. The summed E-state index contributed by atoms with van der Waals surface area (Å²) in [7, 11) is 0. The number of carbonyl (C=O) groups is 2. The molecule has 1 N–H and O–H groups in total. The Morgan fingerprint density at radius 1 is 1.09 bits per heavy atom. The molecule has 0 heterocycles. The van der Waals surface area contributed by atoms with Crippen LogP contribution >= 0.6 is 0 Å². The number of hydrogen-bond acceptors (Lipinski definition) is 4. The van der Waals surface area contributed by atoms with Gasteiger partial charge in [-0.3, -0.25) is 9.59 Å². The van der Waals surface area contributed by atoms with Crippen LogP contribution < -0.4 is 5.32 Å². The normalized spacial score (nSPS) is 15.4. The second-order valence-electron chi connectivity index (χ2n) is 6.01. The molecule has 0 saturated heterocycles. The molecule has 0 radical (unpaired) electrons. The number of nitrogens with one attached hydrogen (secondary N) is 1. The van der Waals surface area contributed by atoms with Crippen LogP contribution in [0.3, 0.4) is 0 Å². The summed E-state index contributed by atoms with van der Waals surface area (Å²) in [6, 6.07) is 7.55. The van der Waals surface area contributed by atoms with Gasteiger partial charge >= 0.3 is 0 Å². The molecule has 1 aromatic rings. The van der Waals surface area contributed by atoms with E-state index in [9.17, 15) is 9.59 Å². The molecule has 124 valence electrons. The van der Waals surface area contributed by atoms with E-state index in [-0.39, 0.29) is 6.04 Å². The Balaban J connectivity index is 1.98. The molecule has 0 amide bonds. The van der Waals surface area contributed by atoms with E-state index in [1.165, 1.54) is 6.08 Å². The van der Waals surface area contributed by atoms with Crippen molar-refractivity contribution in [1.82, 2.24) is 10.2 Å². The van der Waals surface area contributed by atoms with Gasteiger partial charge in [0, 0.05) is 28.9 Å². The SMILES string of the molecule is CCN(CC)CCC[C@@H](C)NC1=CC(=O)C(=O)c2ccccc21. The van der Waals surface area contributed by atoms with E-state index >= 15 is 0 Å². The Morgan fingerprint density at radius 3 is 2.39 bits per heavy atom. The van der Waals surface area contributed by atoms with Gasteiger partial charge in [-0.25, -0.2) is 0 Å². The molecule has 4 nitrogen and oxygen atoms in total. The summed E-state index contributed by atoms with van der Waals surface area (Å²) >= 11 is 0. The zero-order valence-corrected chi connectivity index (χ0v) is 14.3. The number of Topliss-reactive ketones (excluding diaryl/α,β-unsaturated/α-hetero) is 1. The smallest absolute Gasteiger partial charge is 0.233 e. The lowest BCUT2D eigenvalue weighted by Gasteiger charge is -2.23. The summed E-state index contributed by atoms with van der Waals surface area (Å²) in [6.45, 7) is 9.72. The highest BCUT2D eigenvalue weighted by atomic mass is 16.2. The van der Waals surface area contributed by atoms with Crippen molar-refractivity contribution < 1.29 is 9.59 Å². The summed E-state index contributed by atoms with van der Waals surface area (Å²) < 4.78 is 0. The fourth-order valence-corrected chi connectivity index (χ4v) is 2.94. The van der Waals surface area contributed by atoms with Crippen molar-refractivity contribution in [1.29, 1.82) is 0 Å². The Kier molecular flexibility index (Phi) is 6.11. The van der Waals surface area contributed by atoms with E-state index in [1.54, 1.807) is 12.1 Å². The molecule has 23 heavy (non-hydrogen) atoms. The van der Waals surface area contributed by atoms with Crippen LogP contribution in [0.25, 0.3) is 5.70 Å². The van der Waals surface area contributed by atoms with Crippen LogP contribution in [0.1, 0.15) is 49.5 Å². The first kappa shape index (κ1) is 17.4. The van der Waals surface area contributed by atoms with E-state index in [2.05, 4.69) is 31.0 Å². The number of nitrogens with zero attached hydrogens (tertiary/aromatic N) is 1. The number of benzene rings is 1. The molecule has 0 fully saturated rings. The fourth-order valence-electron chi connectivity index (χ4n) is 2.94. The highest BCUT2D eigenvalue weighted by Crippen LogP contribution is 2.23. The van der Waals surface area contributed by atoms with Crippen molar-refractivity contribution >= 4 is 17.3 Å². The van der Waals surface area contributed by atoms with Gasteiger partial charge in [0.1, 0.15) is 0 Å². The molecule has 0 aromatic heterocycles. The largest absolute Gasteiger partial charge is 0.382 e. The van der Waals surface area contributed by atoms with Gasteiger partial charge in [-0.05, 0) is 39.4 Å². The van der Waals surface area contributed by atoms with Gasteiger partial charge in [0.25, 0.3) is 0 Å². The molecule has 0 aliphatic heterocycles. The molecule has 0 saturated carbocycles. The van der Waals surface area contributed by atoms with E-state index in [1.807, 2.05) is 12.1 Å². The van der Waals surface area contributed by atoms with Crippen molar-refractivity contribution in [2.24, 2.45) is 0 Å². The minimum Gasteiger partial charge on any atom is -0.382 e. The quantitative estimate of drug-likeness (QED) is 0.750. The van der Waals surface area contributed by atoms with Crippen LogP contribution in [-0.2, 0) is 4.79 Å².